The van der Waals surface area contributed by atoms with Gasteiger partial charge in [0.1, 0.15) is 7.85 Å². The van der Waals surface area contributed by atoms with Crippen molar-refractivity contribution in [1.82, 2.24) is 0 Å². The van der Waals surface area contributed by atoms with Crippen molar-refractivity contribution in [3.8, 4) is 0 Å². The Hall–Kier alpha value is 0.715. The highest BCUT2D eigenvalue weighted by Gasteiger charge is 2.02. The maximum absolute atomic E-state index is 8.15. The first-order valence-corrected chi connectivity index (χ1v) is 4.23. The second kappa shape index (κ2) is 5.84. The number of rotatable bonds is 4. The van der Waals surface area contributed by atoms with E-state index in [2.05, 4.69) is 27.5 Å². The number of hydrogen-bond acceptors (Lipinski definition) is 2. The predicted molar refractivity (Wildman–Crippen MR) is 44.4 cm³/mol. The van der Waals surface area contributed by atoms with Crippen LogP contribution in [-0.2, 0) is 4.89 Å². The van der Waals surface area contributed by atoms with Crippen LogP contribution in [0.25, 0.3) is 0 Å². The highest BCUT2D eigenvalue weighted by molar-refractivity contribution is 14.1. The molecule has 8 heavy (non-hydrogen) atoms. The first-order chi connectivity index (χ1) is 3.85. The Kier molecular flexibility index (Phi) is 6.37. The Morgan fingerprint density at radius 3 is 2.50 bits per heavy atom. The fraction of sp³-hybridized carbons (Fsp3) is 1.00. The SMILES string of the molecule is BCC(CCI)OO. The molecule has 0 aliphatic heterocycles. The fourth-order valence-corrected chi connectivity index (χ4v) is 1.15. The summed E-state index contributed by atoms with van der Waals surface area (Å²) in [6, 6.07) is 0. The molecular formula is C4H10BIO2. The van der Waals surface area contributed by atoms with Gasteiger partial charge in [-0.05, 0) is 6.42 Å². The van der Waals surface area contributed by atoms with Gasteiger partial charge in [-0.2, -0.15) is 0 Å². The minimum absolute atomic E-state index is 0.0481. The average molecular weight is 228 g/mol. The summed E-state index contributed by atoms with van der Waals surface area (Å²) in [6.45, 7) is 0. The summed E-state index contributed by atoms with van der Waals surface area (Å²) >= 11 is 2.26. The minimum atomic E-state index is 0.0481. The van der Waals surface area contributed by atoms with Crippen molar-refractivity contribution in [2.75, 3.05) is 4.43 Å². The van der Waals surface area contributed by atoms with E-state index in [0.29, 0.717) is 0 Å². The zero-order valence-electron chi connectivity index (χ0n) is 4.93. The van der Waals surface area contributed by atoms with Crippen molar-refractivity contribution in [3.05, 3.63) is 0 Å². The van der Waals surface area contributed by atoms with E-state index < -0.39 is 0 Å². The van der Waals surface area contributed by atoms with E-state index in [1.54, 1.807) is 0 Å². The van der Waals surface area contributed by atoms with Crippen molar-refractivity contribution < 1.29 is 10.1 Å². The Morgan fingerprint density at radius 2 is 2.38 bits per heavy atom. The molecule has 1 atom stereocenters. The molecule has 0 spiro atoms. The molecule has 0 saturated heterocycles. The second-order valence-corrected chi connectivity index (χ2v) is 2.69. The minimum Gasteiger partial charge on any atom is -0.252 e. The smallest absolute Gasteiger partial charge is 0.104 e. The van der Waals surface area contributed by atoms with Crippen molar-refractivity contribution in [2.45, 2.75) is 18.8 Å². The summed E-state index contributed by atoms with van der Waals surface area (Å²) in [5, 5.41) is 8.15. The molecule has 0 aliphatic carbocycles. The molecule has 2 nitrogen and oxygen atoms in total. The van der Waals surface area contributed by atoms with Crippen LogP contribution in [0.1, 0.15) is 6.42 Å². The van der Waals surface area contributed by atoms with Crippen LogP contribution in [0, 0.1) is 0 Å². The van der Waals surface area contributed by atoms with Crippen LogP contribution in [0.3, 0.4) is 0 Å². The van der Waals surface area contributed by atoms with Gasteiger partial charge < -0.3 is 0 Å². The average Bonchev–Trinajstić information content (AvgIpc) is 1.83. The molecule has 0 amide bonds. The second-order valence-electron chi connectivity index (χ2n) is 1.61. The van der Waals surface area contributed by atoms with Gasteiger partial charge in [0.2, 0.25) is 0 Å². The van der Waals surface area contributed by atoms with Gasteiger partial charge in [-0.3, -0.25) is 5.26 Å². The number of halogens is 1. The lowest BCUT2D eigenvalue weighted by atomic mass is 9.98. The van der Waals surface area contributed by atoms with Gasteiger partial charge in [-0.15, -0.1) is 0 Å². The number of hydrogen-bond donors (Lipinski definition) is 1. The lowest BCUT2D eigenvalue weighted by Gasteiger charge is -2.06. The van der Waals surface area contributed by atoms with Gasteiger partial charge in [0.25, 0.3) is 0 Å². The monoisotopic (exact) mass is 228 g/mol. The van der Waals surface area contributed by atoms with Crippen LogP contribution < -0.4 is 0 Å². The van der Waals surface area contributed by atoms with Crippen molar-refractivity contribution in [1.29, 1.82) is 0 Å². The van der Waals surface area contributed by atoms with E-state index >= 15 is 0 Å². The zero-order chi connectivity index (χ0) is 6.41. The first-order valence-electron chi connectivity index (χ1n) is 2.71. The molecule has 1 unspecified atom stereocenters. The summed E-state index contributed by atoms with van der Waals surface area (Å²) in [5.74, 6) is 0. The maximum atomic E-state index is 8.15. The molecule has 4 heteroatoms. The molecule has 0 rings (SSSR count). The van der Waals surface area contributed by atoms with E-state index in [1.165, 1.54) is 0 Å². The summed E-state index contributed by atoms with van der Waals surface area (Å²) in [6.07, 6.45) is 1.87. The third kappa shape index (κ3) is 3.68. The normalized spacial score (nSPS) is 13.8. The van der Waals surface area contributed by atoms with Crippen LogP contribution in [0.2, 0.25) is 6.32 Å². The van der Waals surface area contributed by atoms with Crippen molar-refractivity contribution in [2.24, 2.45) is 0 Å². The molecule has 0 aromatic rings. The molecule has 48 valence electrons. The summed E-state index contributed by atoms with van der Waals surface area (Å²) in [4.78, 5) is 4.14. The Morgan fingerprint density at radius 1 is 1.75 bits per heavy atom. The Balaban J connectivity index is 3.07. The molecule has 0 radical (unpaired) electrons. The quantitative estimate of drug-likeness (QED) is 0.252. The van der Waals surface area contributed by atoms with Gasteiger partial charge in [-0.1, -0.05) is 28.9 Å². The Bertz CT molecular complexity index is 49.3. The van der Waals surface area contributed by atoms with Crippen LogP contribution in [0.15, 0.2) is 0 Å². The first kappa shape index (κ1) is 8.71. The maximum Gasteiger partial charge on any atom is 0.104 e. The zero-order valence-corrected chi connectivity index (χ0v) is 7.09. The molecule has 0 aromatic heterocycles. The van der Waals surface area contributed by atoms with Gasteiger partial charge in [-0.25, -0.2) is 4.89 Å². The highest BCUT2D eigenvalue weighted by Crippen LogP contribution is 2.02. The van der Waals surface area contributed by atoms with E-state index in [4.69, 9.17) is 5.26 Å². The lowest BCUT2D eigenvalue weighted by Crippen LogP contribution is -2.09. The fourth-order valence-electron chi connectivity index (χ4n) is 0.453. The van der Waals surface area contributed by atoms with E-state index in [9.17, 15) is 0 Å². The largest absolute Gasteiger partial charge is 0.252 e. The van der Waals surface area contributed by atoms with Gasteiger partial charge in [0, 0.05) is 4.43 Å². The van der Waals surface area contributed by atoms with Crippen LogP contribution >= 0.6 is 22.6 Å². The van der Waals surface area contributed by atoms with Crippen molar-refractivity contribution in [3.63, 3.8) is 0 Å². The molecule has 0 aliphatic rings. The standard InChI is InChI=1S/C4H10BIO2/c5-3-4(8-7)1-2-6/h4,7H,1-3,5H2. The van der Waals surface area contributed by atoms with Crippen LogP contribution in [0.4, 0.5) is 0 Å². The summed E-state index contributed by atoms with van der Waals surface area (Å²) in [7, 11) is 1.99. The predicted octanol–water partition coefficient (Wildman–Crippen LogP) is 0.721. The molecule has 1 N–H and O–H groups in total. The van der Waals surface area contributed by atoms with Gasteiger partial charge in [0.05, 0.1) is 6.10 Å². The van der Waals surface area contributed by atoms with Gasteiger partial charge in [0.15, 0.2) is 0 Å². The molecular weight excluding hydrogens is 218 g/mol. The van der Waals surface area contributed by atoms with Crippen LogP contribution in [-0.4, -0.2) is 23.6 Å². The molecule has 0 bridgehead atoms. The topological polar surface area (TPSA) is 29.5 Å². The molecule has 0 heterocycles. The highest BCUT2D eigenvalue weighted by atomic mass is 127. The van der Waals surface area contributed by atoms with Gasteiger partial charge >= 0.3 is 0 Å². The molecule has 0 aromatic carbocycles. The molecule has 0 saturated carbocycles. The summed E-state index contributed by atoms with van der Waals surface area (Å²) < 4.78 is 1.04. The number of alkyl halides is 1. The molecule has 0 fully saturated rings. The summed E-state index contributed by atoms with van der Waals surface area (Å²) in [5.41, 5.74) is 0. The lowest BCUT2D eigenvalue weighted by molar-refractivity contribution is -0.273. The third-order valence-electron chi connectivity index (χ3n) is 1.04. The van der Waals surface area contributed by atoms with E-state index in [0.717, 1.165) is 17.2 Å². The Labute approximate surface area is 64.1 Å². The van der Waals surface area contributed by atoms with E-state index in [-0.39, 0.29) is 6.10 Å². The van der Waals surface area contributed by atoms with Crippen LogP contribution in [0.5, 0.6) is 0 Å². The van der Waals surface area contributed by atoms with E-state index in [1.807, 2.05) is 7.85 Å². The van der Waals surface area contributed by atoms with Crippen molar-refractivity contribution >= 4 is 30.4 Å². The third-order valence-corrected chi connectivity index (χ3v) is 1.66.